The smallest absolute Gasteiger partial charge is 0.282 e. The predicted octanol–water partition coefficient (Wildman–Crippen LogP) is 6.20. The zero-order valence-corrected chi connectivity index (χ0v) is 24.5. The molecule has 0 radical (unpaired) electrons. The van der Waals surface area contributed by atoms with Crippen LogP contribution in [0.25, 0.3) is 6.20 Å². The van der Waals surface area contributed by atoms with Crippen molar-refractivity contribution in [1.29, 1.82) is 0 Å². The van der Waals surface area contributed by atoms with Crippen LogP contribution in [0.2, 0.25) is 0 Å². The Morgan fingerprint density at radius 3 is 2.68 bits per heavy atom. The quantitative estimate of drug-likeness (QED) is 0.210. The topological polar surface area (TPSA) is 67.2 Å². The van der Waals surface area contributed by atoms with Crippen LogP contribution in [0.5, 0.6) is 0 Å². The molecule has 2 aliphatic heterocycles. The summed E-state index contributed by atoms with van der Waals surface area (Å²) in [4.78, 5) is 6.98. The summed E-state index contributed by atoms with van der Waals surface area (Å²) < 4.78 is 58.9. The van der Waals surface area contributed by atoms with Crippen LogP contribution in [0.15, 0.2) is 35.8 Å². The number of unbranched alkanes of at least 4 members (excludes halogenated alkanes) is 1. The number of thiazole rings is 1. The Balaban J connectivity index is 1.21. The van der Waals surface area contributed by atoms with E-state index in [0.717, 1.165) is 59.1 Å². The zero-order chi connectivity index (χ0) is 28.9. The molecule has 41 heavy (non-hydrogen) atoms. The molecule has 1 saturated heterocycles. The van der Waals surface area contributed by atoms with E-state index < -0.39 is 24.2 Å². The highest BCUT2D eigenvalue weighted by Gasteiger charge is 2.30. The molecule has 0 aliphatic carbocycles. The number of aryl methyl sites for hydroxylation is 1. The van der Waals surface area contributed by atoms with Crippen molar-refractivity contribution in [3.63, 3.8) is 0 Å². The fourth-order valence-corrected chi connectivity index (χ4v) is 6.61. The number of likely N-dealkylation sites (tertiary alicyclic amines) is 1. The van der Waals surface area contributed by atoms with E-state index in [1.165, 1.54) is 17.3 Å². The second-order valence-electron chi connectivity index (χ2n) is 10.3. The third-order valence-corrected chi connectivity index (χ3v) is 8.94. The van der Waals surface area contributed by atoms with Crippen molar-refractivity contribution in [3.05, 3.63) is 74.6 Å². The van der Waals surface area contributed by atoms with Crippen molar-refractivity contribution in [3.8, 4) is 0 Å². The maximum Gasteiger partial charge on any atom is 0.282 e. The van der Waals surface area contributed by atoms with Crippen LogP contribution in [-0.2, 0) is 30.1 Å². The SMILES string of the molecule is CCCCc1cccc2c1CNC(c1csc(C3CCN(C=Cn4nc(C(F)F)cc4C(F)F)CC3)n1)NC2O[SH2+]. The van der Waals surface area contributed by atoms with Gasteiger partial charge in [-0.05, 0) is 42.9 Å². The third-order valence-electron chi connectivity index (χ3n) is 7.67. The summed E-state index contributed by atoms with van der Waals surface area (Å²) in [5.74, 6) is 0.275. The van der Waals surface area contributed by atoms with Crippen molar-refractivity contribution >= 4 is 30.4 Å². The van der Waals surface area contributed by atoms with Gasteiger partial charge in [0.05, 0.1) is 10.7 Å². The Hall–Kier alpha value is -2.45. The average Bonchev–Trinajstić information content (AvgIpc) is 3.60. The van der Waals surface area contributed by atoms with E-state index >= 15 is 0 Å². The second kappa shape index (κ2) is 13.7. The average molecular weight is 612 g/mol. The van der Waals surface area contributed by atoms with E-state index in [1.54, 1.807) is 17.5 Å². The molecule has 5 rings (SSSR count). The minimum absolute atomic E-state index is 0.188. The standard InChI is InChI=1S/C28H34F4N6OS2/c1-2-3-5-17-6-4-7-19-20(17)15-33-26(35-27(19)39-40)22-16-41-28(34-22)18-8-10-37(11-9-18)12-13-38-23(25(31)32)14-21(36-38)24(29)30/h4,6-7,12-14,16,18,24-27,33,35,40H,2-3,5,8-11,15H2,1H3/p+1. The number of nitrogens with one attached hydrogen (secondary N) is 2. The molecule has 3 aromatic rings. The predicted molar refractivity (Wildman–Crippen MR) is 155 cm³/mol. The van der Waals surface area contributed by atoms with Gasteiger partial charge in [-0.2, -0.15) is 9.28 Å². The number of piperidine rings is 1. The molecule has 0 saturated carbocycles. The molecule has 2 unspecified atom stereocenters. The first-order valence-electron chi connectivity index (χ1n) is 13.8. The summed E-state index contributed by atoms with van der Waals surface area (Å²) >= 11 is 4.91. The summed E-state index contributed by atoms with van der Waals surface area (Å²) in [7, 11) is 0. The molecule has 0 amide bonds. The van der Waals surface area contributed by atoms with Crippen molar-refractivity contribution < 1.29 is 21.7 Å². The van der Waals surface area contributed by atoms with Gasteiger partial charge in [0.2, 0.25) is 0 Å². The highest BCUT2D eigenvalue weighted by atomic mass is 32.1. The van der Waals surface area contributed by atoms with Crippen molar-refractivity contribution in [2.45, 2.75) is 76.7 Å². The van der Waals surface area contributed by atoms with Gasteiger partial charge in [0, 0.05) is 48.9 Å². The van der Waals surface area contributed by atoms with Gasteiger partial charge in [0.15, 0.2) is 6.23 Å². The Morgan fingerprint density at radius 1 is 1.17 bits per heavy atom. The van der Waals surface area contributed by atoms with Crippen LogP contribution >= 0.6 is 11.3 Å². The normalized spacial score (nSPS) is 20.3. The van der Waals surface area contributed by atoms with E-state index in [-0.39, 0.29) is 18.3 Å². The molecular formula is C28H35F4N6OS2+. The van der Waals surface area contributed by atoms with Crippen LogP contribution in [0.3, 0.4) is 0 Å². The Morgan fingerprint density at radius 2 is 1.98 bits per heavy atom. The monoisotopic (exact) mass is 611 g/mol. The first-order chi connectivity index (χ1) is 19.9. The first-order valence-corrected chi connectivity index (χ1v) is 15.1. The first kappa shape index (κ1) is 30.0. The number of aromatic nitrogens is 3. The van der Waals surface area contributed by atoms with E-state index in [9.17, 15) is 17.6 Å². The van der Waals surface area contributed by atoms with Crippen LogP contribution in [0.4, 0.5) is 17.6 Å². The highest BCUT2D eigenvalue weighted by Crippen LogP contribution is 2.34. The van der Waals surface area contributed by atoms with Gasteiger partial charge in [-0.1, -0.05) is 31.5 Å². The molecule has 1 aromatic carbocycles. The molecule has 1 fully saturated rings. The second-order valence-corrected chi connectivity index (χ2v) is 11.5. The lowest BCUT2D eigenvalue weighted by Gasteiger charge is -2.30. The molecule has 2 N–H and O–H groups in total. The highest BCUT2D eigenvalue weighted by molar-refractivity contribution is 7.53. The van der Waals surface area contributed by atoms with E-state index in [1.807, 2.05) is 4.90 Å². The Labute approximate surface area is 246 Å². The lowest BCUT2D eigenvalue weighted by Crippen LogP contribution is -2.34. The number of benzene rings is 1. The molecule has 4 heterocycles. The van der Waals surface area contributed by atoms with Crippen LogP contribution < -0.4 is 10.6 Å². The minimum atomic E-state index is -2.90. The van der Waals surface area contributed by atoms with Crippen molar-refractivity contribution in [1.82, 2.24) is 30.3 Å². The molecular weight excluding hydrogens is 576 g/mol. The van der Waals surface area contributed by atoms with Gasteiger partial charge in [-0.3, -0.25) is 10.6 Å². The molecule has 7 nitrogen and oxygen atoms in total. The Bertz CT molecular complexity index is 1320. The van der Waals surface area contributed by atoms with Crippen LogP contribution in [0, 0.1) is 0 Å². The number of hydrogen-bond donors (Lipinski definition) is 2. The molecule has 2 aromatic heterocycles. The lowest BCUT2D eigenvalue weighted by molar-refractivity contribution is 0.143. The molecule has 13 heteroatoms. The van der Waals surface area contributed by atoms with E-state index in [4.69, 9.17) is 9.17 Å². The fourth-order valence-electron chi connectivity index (χ4n) is 5.40. The largest absolute Gasteiger partial charge is 0.376 e. The number of nitrogens with zero attached hydrogens (tertiary/aromatic N) is 4. The minimum Gasteiger partial charge on any atom is -0.376 e. The van der Waals surface area contributed by atoms with Crippen molar-refractivity contribution in [2.24, 2.45) is 0 Å². The van der Waals surface area contributed by atoms with E-state index in [0.29, 0.717) is 19.6 Å². The zero-order valence-electron chi connectivity index (χ0n) is 22.7. The molecule has 0 spiro atoms. The van der Waals surface area contributed by atoms with Gasteiger partial charge in [0.1, 0.15) is 30.5 Å². The number of alkyl halides is 4. The fraction of sp³-hybridized carbons (Fsp3) is 0.500. The van der Waals surface area contributed by atoms with Crippen molar-refractivity contribution in [2.75, 3.05) is 13.1 Å². The van der Waals surface area contributed by atoms with E-state index in [2.05, 4.69) is 59.1 Å². The van der Waals surface area contributed by atoms with Gasteiger partial charge < -0.3 is 4.90 Å². The summed E-state index contributed by atoms with van der Waals surface area (Å²) in [5, 5.41) is 13.9. The summed E-state index contributed by atoms with van der Waals surface area (Å²) in [6.07, 6.45) is 1.63. The molecule has 2 atom stereocenters. The van der Waals surface area contributed by atoms with Gasteiger partial charge >= 0.3 is 0 Å². The summed E-state index contributed by atoms with van der Waals surface area (Å²) in [5.41, 5.74) is 3.42. The molecule has 2 aliphatic rings. The Kier molecular flexibility index (Phi) is 10.0. The number of hydrogen-bond acceptors (Lipinski definition) is 7. The number of fused-ring (bicyclic) bond motifs is 1. The van der Waals surface area contributed by atoms with Crippen LogP contribution in [-0.4, -0.2) is 32.8 Å². The maximum atomic E-state index is 13.3. The van der Waals surface area contributed by atoms with Gasteiger partial charge in [-0.25, -0.2) is 27.2 Å². The number of halogens is 4. The molecule has 222 valence electrons. The molecule has 0 bridgehead atoms. The third kappa shape index (κ3) is 6.96. The van der Waals surface area contributed by atoms with Gasteiger partial charge in [-0.15, -0.1) is 11.3 Å². The lowest BCUT2D eigenvalue weighted by atomic mass is 9.96. The summed E-state index contributed by atoms with van der Waals surface area (Å²) in [6, 6.07) is 7.12. The number of rotatable bonds is 10. The van der Waals surface area contributed by atoms with Gasteiger partial charge in [0.25, 0.3) is 12.9 Å². The maximum absolute atomic E-state index is 13.3. The summed E-state index contributed by atoms with van der Waals surface area (Å²) in [6.45, 7) is 4.29. The van der Waals surface area contributed by atoms with Crippen LogP contribution in [0.1, 0.15) is 103 Å².